The third-order valence-corrected chi connectivity index (χ3v) is 2.46. The Morgan fingerprint density at radius 2 is 1.94 bits per heavy atom. The number of halogens is 3. The molecule has 1 aromatic rings. The van der Waals surface area contributed by atoms with Crippen LogP contribution in [0.15, 0.2) is 6.33 Å². The number of alkyl halides is 3. The van der Waals surface area contributed by atoms with E-state index in [4.69, 9.17) is 0 Å². The molecule has 0 aromatic carbocycles. The maximum atomic E-state index is 12.4. The first-order valence-corrected chi connectivity index (χ1v) is 5.56. The predicted octanol–water partition coefficient (Wildman–Crippen LogP) is 2.64. The Balaban J connectivity index is 3.15. The molecule has 18 heavy (non-hydrogen) atoms. The van der Waals surface area contributed by atoms with Gasteiger partial charge in [-0.3, -0.25) is 0 Å². The lowest BCUT2D eigenvalue weighted by molar-refractivity contribution is -0.119. The van der Waals surface area contributed by atoms with Gasteiger partial charge in [-0.1, -0.05) is 13.8 Å². The molecular weight excluding hydrogens is 245 g/mol. The molecule has 1 heterocycles. The zero-order valence-electron chi connectivity index (χ0n) is 10.8. The topological polar surface area (TPSA) is 41.1 Å². The van der Waals surface area contributed by atoms with Gasteiger partial charge in [0.1, 0.15) is 24.5 Å². The number of anilines is 2. The average Bonchev–Trinajstić information content (AvgIpc) is 2.25. The summed E-state index contributed by atoms with van der Waals surface area (Å²) in [5.41, 5.74) is 0.687. The number of aromatic nitrogens is 2. The first-order valence-electron chi connectivity index (χ1n) is 5.56. The standard InChI is InChI=1S/C11H17F3N4/c1-7(2)8-9(15-3)16-6-17-10(8)18(4)5-11(12,13)14/h6-7H,5H2,1-4H3,(H,15,16,17). The average molecular weight is 262 g/mol. The molecule has 4 nitrogen and oxygen atoms in total. The maximum Gasteiger partial charge on any atom is 0.405 e. The van der Waals surface area contributed by atoms with Crippen LogP contribution in [0.3, 0.4) is 0 Å². The minimum absolute atomic E-state index is 0.0272. The Labute approximate surface area is 104 Å². The summed E-state index contributed by atoms with van der Waals surface area (Å²) >= 11 is 0. The highest BCUT2D eigenvalue weighted by atomic mass is 19.4. The van der Waals surface area contributed by atoms with Gasteiger partial charge in [0.2, 0.25) is 0 Å². The van der Waals surface area contributed by atoms with Gasteiger partial charge in [-0.15, -0.1) is 0 Å². The van der Waals surface area contributed by atoms with Gasteiger partial charge >= 0.3 is 6.18 Å². The molecule has 0 saturated carbocycles. The monoisotopic (exact) mass is 262 g/mol. The van der Waals surface area contributed by atoms with Gasteiger partial charge in [-0.05, 0) is 5.92 Å². The van der Waals surface area contributed by atoms with Crippen LogP contribution in [0.2, 0.25) is 0 Å². The van der Waals surface area contributed by atoms with Crippen molar-refractivity contribution < 1.29 is 13.2 Å². The van der Waals surface area contributed by atoms with E-state index in [9.17, 15) is 13.2 Å². The predicted molar refractivity (Wildman–Crippen MR) is 65.0 cm³/mol. The molecule has 7 heteroatoms. The van der Waals surface area contributed by atoms with Gasteiger partial charge in [0, 0.05) is 19.7 Å². The zero-order chi connectivity index (χ0) is 13.9. The highest BCUT2D eigenvalue weighted by molar-refractivity contribution is 5.59. The molecule has 0 fully saturated rings. The molecule has 0 unspecified atom stereocenters. The fraction of sp³-hybridized carbons (Fsp3) is 0.636. The Hall–Kier alpha value is -1.53. The third kappa shape index (κ3) is 3.48. The fourth-order valence-corrected chi connectivity index (χ4v) is 1.77. The van der Waals surface area contributed by atoms with Crippen molar-refractivity contribution in [3.05, 3.63) is 11.9 Å². The van der Waals surface area contributed by atoms with Crippen molar-refractivity contribution in [2.75, 3.05) is 30.9 Å². The van der Waals surface area contributed by atoms with Crippen LogP contribution in [0, 0.1) is 0 Å². The van der Waals surface area contributed by atoms with Crippen LogP contribution in [-0.2, 0) is 0 Å². The van der Waals surface area contributed by atoms with Crippen LogP contribution in [0.4, 0.5) is 24.8 Å². The summed E-state index contributed by atoms with van der Waals surface area (Å²) in [5.74, 6) is 0.894. The van der Waals surface area contributed by atoms with Gasteiger partial charge in [0.15, 0.2) is 0 Å². The van der Waals surface area contributed by atoms with E-state index in [0.717, 1.165) is 4.90 Å². The van der Waals surface area contributed by atoms with Gasteiger partial charge < -0.3 is 10.2 Å². The molecular formula is C11H17F3N4. The summed E-state index contributed by atoms with van der Waals surface area (Å²) in [6, 6.07) is 0. The SMILES string of the molecule is CNc1ncnc(N(C)CC(F)(F)F)c1C(C)C. The highest BCUT2D eigenvalue weighted by Gasteiger charge is 2.31. The number of hydrogen-bond donors (Lipinski definition) is 1. The molecule has 0 aliphatic heterocycles. The lowest BCUT2D eigenvalue weighted by Gasteiger charge is -2.24. The van der Waals surface area contributed by atoms with Gasteiger partial charge in [0.05, 0.1) is 0 Å². The van der Waals surface area contributed by atoms with E-state index in [-0.39, 0.29) is 5.92 Å². The van der Waals surface area contributed by atoms with Gasteiger partial charge in [-0.25, -0.2) is 9.97 Å². The second kappa shape index (κ2) is 5.41. The molecule has 1 N–H and O–H groups in total. The first kappa shape index (κ1) is 14.5. The maximum absolute atomic E-state index is 12.4. The Kier molecular flexibility index (Phi) is 4.37. The molecule has 0 aliphatic carbocycles. The summed E-state index contributed by atoms with van der Waals surface area (Å²) in [6.45, 7) is 2.75. The van der Waals surface area contributed by atoms with Crippen LogP contribution in [0.1, 0.15) is 25.3 Å². The van der Waals surface area contributed by atoms with Gasteiger partial charge in [-0.2, -0.15) is 13.2 Å². The van der Waals surface area contributed by atoms with Crippen molar-refractivity contribution in [3.8, 4) is 0 Å². The van der Waals surface area contributed by atoms with Crippen molar-refractivity contribution in [1.29, 1.82) is 0 Å². The number of nitrogens with zero attached hydrogens (tertiary/aromatic N) is 3. The summed E-state index contributed by atoms with van der Waals surface area (Å²) in [4.78, 5) is 9.09. The summed E-state index contributed by atoms with van der Waals surface area (Å²) in [6.07, 6.45) is -2.99. The smallest absolute Gasteiger partial charge is 0.373 e. The summed E-state index contributed by atoms with van der Waals surface area (Å²) < 4.78 is 37.2. The Morgan fingerprint density at radius 3 is 2.39 bits per heavy atom. The Bertz CT molecular complexity index is 404. The highest BCUT2D eigenvalue weighted by Crippen LogP contribution is 2.31. The number of rotatable bonds is 4. The van der Waals surface area contributed by atoms with Crippen LogP contribution in [0.25, 0.3) is 0 Å². The Morgan fingerprint density at radius 1 is 1.33 bits per heavy atom. The minimum atomic E-state index is -4.26. The van der Waals surface area contributed by atoms with E-state index >= 15 is 0 Å². The van der Waals surface area contributed by atoms with E-state index in [0.29, 0.717) is 17.2 Å². The largest absolute Gasteiger partial charge is 0.405 e. The lowest BCUT2D eigenvalue weighted by Crippen LogP contribution is -2.32. The molecule has 0 spiro atoms. The molecule has 1 aromatic heterocycles. The summed E-state index contributed by atoms with van der Waals surface area (Å²) in [5, 5.41) is 2.88. The normalized spacial score (nSPS) is 11.8. The first-order chi connectivity index (χ1) is 8.26. The number of nitrogens with one attached hydrogen (secondary N) is 1. The van der Waals surface area contributed by atoms with E-state index in [1.54, 1.807) is 7.05 Å². The molecule has 0 saturated heterocycles. The van der Waals surface area contributed by atoms with Crippen molar-refractivity contribution in [2.45, 2.75) is 25.9 Å². The second-order valence-electron chi connectivity index (χ2n) is 4.34. The second-order valence-corrected chi connectivity index (χ2v) is 4.34. The molecule has 0 aliphatic rings. The third-order valence-electron chi connectivity index (χ3n) is 2.46. The molecule has 102 valence electrons. The lowest BCUT2D eigenvalue weighted by atomic mass is 10.0. The van der Waals surface area contributed by atoms with E-state index in [1.165, 1.54) is 13.4 Å². The van der Waals surface area contributed by atoms with Crippen molar-refractivity contribution in [2.24, 2.45) is 0 Å². The molecule has 0 amide bonds. The van der Waals surface area contributed by atoms with Crippen LogP contribution in [-0.4, -0.2) is 36.8 Å². The molecule has 1 rings (SSSR count). The fourth-order valence-electron chi connectivity index (χ4n) is 1.77. The van der Waals surface area contributed by atoms with Crippen LogP contribution in [0.5, 0.6) is 0 Å². The van der Waals surface area contributed by atoms with E-state index in [1.807, 2.05) is 13.8 Å². The van der Waals surface area contributed by atoms with Crippen molar-refractivity contribution >= 4 is 11.6 Å². The quantitative estimate of drug-likeness (QED) is 0.905. The number of hydrogen-bond acceptors (Lipinski definition) is 4. The van der Waals surface area contributed by atoms with E-state index < -0.39 is 12.7 Å². The molecule has 0 bridgehead atoms. The molecule has 0 radical (unpaired) electrons. The van der Waals surface area contributed by atoms with Crippen LogP contribution >= 0.6 is 0 Å². The van der Waals surface area contributed by atoms with E-state index in [2.05, 4.69) is 15.3 Å². The van der Waals surface area contributed by atoms with Crippen molar-refractivity contribution in [3.63, 3.8) is 0 Å². The minimum Gasteiger partial charge on any atom is -0.373 e. The summed E-state index contributed by atoms with van der Waals surface area (Å²) in [7, 11) is 3.06. The van der Waals surface area contributed by atoms with Crippen molar-refractivity contribution in [1.82, 2.24) is 9.97 Å². The molecule has 0 atom stereocenters. The zero-order valence-corrected chi connectivity index (χ0v) is 10.8. The van der Waals surface area contributed by atoms with Crippen LogP contribution < -0.4 is 10.2 Å². The van der Waals surface area contributed by atoms with Gasteiger partial charge in [0.25, 0.3) is 0 Å².